The molecule has 0 fully saturated rings. The molecule has 0 saturated carbocycles. The topological polar surface area (TPSA) is 101 Å². The fourth-order valence-corrected chi connectivity index (χ4v) is 3.40. The summed E-state index contributed by atoms with van der Waals surface area (Å²) in [6.45, 7) is 0. The number of aromatic nitrogens is 2. The second-order valence-electron chi connectivity index (χ2n) is 5.45. The van der Waals surface area contributed by atoms with Gasteiger partial charge in [0, 0.05) is 10.8 Å². The smallest absolute Gasteiger partial charge is 0.277 e. The molecule has 1 aromatic heterocycles. The van der Waals surface area contributed by atoms with Gasteiger partial charge in [0.2, 0.25) is 0 Å². The number of aromatic amines is 1. The Hall–Kier alpha value is -2.84. The Balaban J connectivity index is 1.77. The van der Waals surface area contributed by atoms with Crippen LogP contribution in [0.5, 0.6) is 0 Å². The largest absolute Gasteiger partial charge is 0.382 e. The average Bonchev–Trinajstić information content (AvgIpc) is 2.64. The van der Waals surface area contributed by atoms with Crippen molar-refractivity contribution in [3.8, 4) is 0 Å². The molecule has 27 heavy (non-hydrogen) atoms. The number of H-pyrrole nitrogens is 1. The molecule has 0 aliphatic heterocycles. The van der Waals surface area contributed by atoms with Gasteiger partial charge in [0.25, 0.3) is 11.5 Å². The third-order valence-electron chi connectivity index (χ3n) is 3.60. The summed E-state index contributed by atoms with van der Waals surface area (Å²) in [7, 11) is 0. The molecule has 0 radical (unpaired) electrons. The number of nitrogens with zero attached hydrogens (tertiary/aromatic N) is 1. The molecule has 0 aliphatic rings. The lowest BCUT2D eigenvalue weighted by Gasteiger charge is -2.09. The van der Waals surface area contributed by atoms with Crippen LogP contribution >= 0.6 is 23.4 Å². The lowest BCUT2D eigenvalue weighted by atomic mass is 10.2. The van der Waals surface area contributed by atoms with E-state index in [1.807, 2.05) is 18.2 Å². The number of nitrogens with one attached hydrogen (secondary N) is 2. The molecule has 1 heterocycles. The van der Waals surface area contributed by atoms with Gasteiger partial charge in [-0.05, 0) is 23.8 Å². The van der Waals surface area contributed by atoms with Crippen LogP contribution in [0.15, 0.2) is 58.5 Å². The molecule has 0 bridgehead atoms. The van der Waals surface area contributed by atoms with Gasteiger partial charge in [0.1, 0.15) is 11.5 Å². The van der Waals surface area contributed by atoms with Gasteiger partial charge < -0.3 is 11.1 Å². The Morgan fingerprint density at radius 3 is 2.63 bits per heavy atom. The van der Waals surface area contributed by atoms with E-state index in [-0.39, 0.29) is 22.2 Å². The van der Waals surface area contributed by atoms with Crippen molar-refractivity contribution in [2.75, 3.05) is 11.1 Å². The second kappa shape index (κ2) is 8.24. The van der Waals surface area contributed by atoms with Gasteiger partial charge in [-0.15, -0.1) is 0 Å². The Kier molecular flexibility index (Phi) is 5.78. The quantitative estimate of drug-likeness (QED) is 0.444. The zero-order valence-electron chi connectivity index (χ0n) is 13.8. The van der Waals surface area contributed by atoms with Crippen LogP contribution < -0.4 is 16.6 Å². The van der Waals surface area contributed by atoms with E-state index in [9.17, 15) is 14.0 Å². The lowest BCUT2D eigenvalue weighted by molar-refractivity contribution is 0.102. The molecule has 0 atom stereocenters. The zero-order chi connectivity index (χ0) is 19.4. The van der Waals surface area contributed by atoms with Gasteiger partial charge in [0.05, 0.1) is 5.56 Å². The Bertz CT molecular complexity index is 1060. The fraction of sp³-hybridized carbons (Fsp3) is 0.0556. The summed E-state index contributed by atoms with van der Waals surface area (Å²) in [6.07, 6.45) is 0. The summed E-state index contributed by atoms with van der Waals surface area (Å²) in [5, 5.41) is 3.19. The van der Waals surface area contributed by atoms with Gasteiger partial charge in [-0.3, -0.25) is 14.6 Å². The van der Waals surface area contributed by atoms with E-state index < -0.39 is 17.3 Å². The number of hydrogen-bond acceptors (Lipinski definition) is 5. The first kappa shape index (κ1) is 18.9. The van der Waals surface area contributed by atoms with Crippen molar-refractivity contribution in [3.63, 3.8) is 0 Å². The van der Waals surface area contributed by atoms with Crippen molar-refractivity contribution >= 4 is 40.8 Å². The zero-order valence-corrected chi connectivity index (χ0v) is 15.4. The predicted molar refractivity (Wildman–Crippen MR) is 105 cm³/mol. The van der Waals surface area contributed by atoms with Gasteiger partial charge in [-0.25, -0.2) is 9.37 Å². The van der Waals surface area contributed by atoms with E-state index in [0.29, 0.717) is 10.8 Å². The van der Waals surface area contributed by atoms with E-state index in [4.69, 9.17) is 17.3 Å². The van der Waals surface area contributed by atoms with Gasteiger partial charge >= 0.3 is 0 Å². The van der Waals surface area contributed by atoms with Crippen LogP contribution in [0.25, 0.3) is 0 Å². The Morgan fingerprint density at radius 1 is 1.22 bits per heavy atom. The highest BCUT2D eigenvalue weighted by Gasteiger charge is 2.16. The first-order valence-electron chi connectivity index (χ1n) is 7.77. The van der Waals surface area contributed by atoms with Crippen molar-refractivity contribution in [1.82, 2.24) is 9.97 Å². The van der Waals surface area contributed by atoms with E-state index >= 15 is 0 Å². The minimum absolute atomic E-state index is 0.162. The molecule has 0 unspecified atom stereocenters. The van der Waals surface area contributed by atoms with Gasteiger partial charge in [-0.2, -0.15) is 0 Å². The van der Waals surface area contributed by atoms with E-state index in [1.54, 1.807) is 6.07 Å². The molecule has 0 spiro atoms. The number of nitrogen functional groups attached to an aromatic ring is 1. The third-order valence-corrected chi connectivity index (χ3v) is 4.90. The number of carbonyl (C=O) groups excluding carboxylic acids is 1. The Morgan fingerprint density at radius 2 is 1.93 bits per heavy atom. The SMILES string of the molecule is Nc1nc(SCc2ccccc2Cl)[nH]c(=O)c1NC(=O)c1ccccc1F. The monoisotopic (exact) mass is 404 g/mol. The van der Waals surface area contributed by atoms with Crippen LogP contribution in [0.4, 0.5) is 15.9 Å². The molecule has 9 heteroatoms. The molecule has 0 saturated heterocycles. The second-order valence-corrected chi connectivity index (χ2v) is 6.82. The minimum Gasteiger partial charge on any atom is -0.382 e. The highest BCUT2D eigenvalue weighted by molar-refractivity contribution is 7.98. The summed E-state index contributed by atoms with van der Waals surface area (Å²) in [5.41, 5.74) is 5.62. The van der Waals surface area contributed by atoms with E-state index in [2.05, 4.69) is 15.3 Å². The number of anilines is 2. The highest BCUT2D eigenvalue weighted by atomic mass is 35.5. The summed E-state index contributed by atoms with van der Waals surface area (Å²) >= 11 is 7.34. The summed E-state index contributed by atoms with van der Waals surface area (Å²) in [6, 6.07) is 12.7. The molecule has 6 nitrogen and oxygen atoms in total. The molecule has 138 valence electrons. The summed E-state index contributed by atoms with van der Waals surface area (Å²) < 4.78 is 13.7. The third kappa shape index (κ3) is 4.47. The van der Waals surface area contributed by atoms with Crippen molar-refractivity contribution in [2.45, 2.75) is 10.9 Å². The normalized spacial score (nSPS) is 10.6. The standard InChI is InChI=1S/C18H14ClFN4O2S/c19-12-7-3-1-5-10(12)9-27-18-23-15(21)14(17(26)24-18)22-16(25)11-6-2-4-8-13(11)20/h1-8H,9H2,(H,22,25)(H3,21,23,24,26). The molecular formula is C18H14ClFN4O2S. The van der Waals surface area contributed by atoms with E-state index in [0.717, 1.165) is 11.6 Å². The molecule has 4 N–H and O–H groups in total. The maximum atomic E-state index is 13.7. The first-order valence-corrected chi connectivity index (χ1v) is 9.14. The van der Waals surface area contributed by atoms with Crippen LogP contribution in [0.2, 0.25) is 5.02 Å². The molecule has 1 amide bonds. The number of rotatable bonds is 5. The maximum Gasteiger partial charge on any atom is 0.277 e. The van der Waals surface area contributed by atoms with Crippen molar-refractivity contribution in [2.24, 2.45) is 0 Å². The number of benzene rings is 2. The summed E-state index contributed by atoms with van der Waals surface area (Å²) in [4.78, 5) is 31.1. The summed E-state index contributed by atoms with van der Waals surface area (Å²) in [5.74, 6) is -1.18. The van der Waals surface area contributed by atoms with Crippen molar-refractivity contribution in [1.29, 1.82) is 0 Å². The maximum absolute atomic E-state index is 13.7. The van der Waals surface area contributed by atoms with E-state index in [1.165, 1.54) is 30.0 Å². The number of hydrogen-bond donors (Lipinski definition) is 3. The molecular weight excluding hydrogens is 391 g/mol. The van der Waals surface area contributed by atoms with Crippen LogP contribution in [-0.4, -0.2) is 15.9 Å². The van der Waals surface area contributed by atoms with Crippen LogP contribution in [0.1, 0.15) is 15.9 Å². The van der Waals surface area contributed by atoms with Crippen molar-refractivity contribution < 1.29 is 9.18 Å². The number of thioether (sulfide) groups is 1. The molecule has 3 rings (SSSR count). The van der Waals surface area contributed by atoms with Gasteiger partial charge in [-0.1, -0.05) is 53.7 Å². The van der Waals surface area contributed by atoms with Crippen LogP contribution in [-0.2, 0) is 5.75 Å². The Labute approximate surface area is 163 Å². The number of halogens is 2. The van der Waals surface area contributed by atoms with Gasteiger partial charge in [0.15, 0.2) is 11.0 Å². The number of amides is 1. The molecule has 0 aliphatic carbocycles. The van der Waals surface area contributed by atoms with Crippen LogP contribution in [0.3, 0.4) is 0 Å². The predicted octanol–water partition coefficient (Wildman–Crippen LogP) is 3.69. The highest BCUT2D eigenvalue weighted by Crippen LogP contribution is 2.25. The van der Waals surface area contributed by atoms with Crippen LogP contribution in [0, 0.1) is 5.82 Å². The minimum atomic E-state index is -0.788. The average molecular weight is 405 g/mol. The molecule has 3 aromatic rings. The molecule has 2 aromatic carbocycles. The lowest BCUT2D eigenvalue weighted by Crippen LogP contribution is -2.23. The fourth-order valence-electron chi connectivity index (χ4n) is 2.25. The number of nitrogens with two attached hydrogens (primary N) is 1. The first-order chi connectivity index (χ1) is 13.0. The van der Waals surface area contributed by atoms with Crippen molar-refractivity contribution in [3.05, 3.63) is 80.9 Å². The number of carbonyl (C=O) groups is 1.